The van der Waals surface area contributed by atoms with Gasteiger partial charge in [-0.15, -0.1) is 0 Å². The molecule has 102 valence electrons. The van der Waals surface area contributed by atoms with E-state index in [1.165, 1.54) is 11.8 Å². The number of hydrogen-bond acceptors (Lipinski definition) is 3. The number of benzene rings is 1. The highest BCUT2D eigenvalue weighted by Gasteiger charge is 2.25. The standard InChI is InChI=1S/C14H18N2O2S/c1-9(19-2)14(18)15-8-10-7-13(17)16-12-6-4-3-5-11(10)12/h3-6,9-10H,7-8H2,1-2H3,(H,15,18)(H,16,17). The Balaban J connectivity index is 2.05. The number of carbonyl (C=O) groups excluding carboxylic acids is 2. The Morgan fingerprint density at radius 1 is 1.53 bits per heavy atom. The molecule has 1 aliphatic rings. The van der Waals surface area contributed by atoms with Gasteiger partial charge in [0.2, 0.25) is 11.8 Å². The number of hydrogen-bond donors (Lipinski definition) is 2. The molecule has 5 heteroatoms. The number of rotatable bonds is 4. The molecule has 2 rings (SSSR count). The van der Waals surface area contributed by atoms with Crippen LogP contribution in [-0.2, 0) is 9.59 Å². The van der Waals surface area contributed by atoms with E-state index in [1.54, 1.807) is 0 Å². The summed E-state index contributed by atoms with van der Waals surface area (Å²) in [5, 5.41) is 5.72. The fourth-order valence-corrected chi connectivity index (χ4v) is 2.46. The molecule has 0 fully saturated rings. The first-order valence-corrected chi connectivity index (χ1v) is 7.60. The molecule has 1 heterocycles. The fourth-order valence-electron chi connectivity index (χ4n) is 2.16. The SMILES string of the molecule is CSC(C)C(=O)NCC1CC(=O)Nc2ccccc21. The van der Waals surface area contributed by atoms with Crippen molar-refractivity contribution in [2.24, 2.45) is 0 Å². The van der Waals surface area contributed by atoms with Crippen molar-refractivity contribution in [2.75, 3.05) is 18.1 Å². The lowest BCUT2D eigenvalue weighted by Crippen LogP contribution is -2.36. The maximum absolute atomic E-state index is 11.8. The Bertz CT molecular complexity index is 490. The van der Waals surface area contributed by atoms with Crippen LogP contribution in [0.3, 0.4) is 0 Å². The number of nitrogens with one attached hydrogen (secondary N) is 2. The third-order valence-corrected chi connectivity index (χ3v) is 4.27. The number of fused-ring (bicyclic) bond motifs is 1. The lowest BCUT2D eigenvalue weighted by Gasteiger charge is -2.26. The van der Waals surface area contributed by atoms with Crippen molar-refractivity contribution in [1.82, 2.24) is 5.32 Å². The third-order valence-electron chi connectivity index (χ3n) is 3.35. The average molecular weight is 278 g/mol. The summed E-state index contributed by atoms with van der Waals surface area (Å²) >= 11 is 1.51. The highest BCUT2D eigenvalue weighted by Crippen LogP contribution is 2.31. The molecule has 4 nitrogen and oxygen atoms in total. The zero-order valence-electron chi connectivity index (χ0n) is 11.1. The van der Waals surface area contributed by atoms with Crippen LogP contribution in [0.2, 0.25) is 0 Å². The van der Waals surface area contributed by atoms with Crippen molar-refractivity contribution in [3.05, 3.63) is 29.8 Å². The average Bonchev–Trinajstić information content (AvgIpc) is 2.43. The first-order valence-electron chi connectivity index (χ1n) is 6.31. The van der Waals surface area contributed by atoms with Gasteiger partial charge in [0.05, 0.1) is 5.25 Å². The summed E-state index contributed by atoms with van der Waals surface area (Å²) in [7, 11) is 0. The largest absolute Gasteiger partial charge is 0.355 e. The van der Waals surface area contributed by atoms with E-state index in [9.17, 15) is 9.59 Å². The van der Waals surface area contributed by atoms with Gasteiger partial charge in [0.15, 0.2) is 0 Å². The van der Waals surface area contributed by atoms with Crippen LogP contribution < -0.4 is 10.6 Å². The molecule has 0 spiro atoms. The molecule has 1 aromatic rings. The Morgan fingerprint density at radius 2 is 2.26 bits per heavy atom. The Labute approximate surface area is 117 Å². The molecule has 2 unspecified atom stereocenters. The van der Waals surface area contributed by atoms with Gasteiger partial charge in [0, 0.05) is 24.6 Å². The van der Waals surface area contributed by atoms with Crippen LogP contribution in [0.1, 0.15) is 24.8 Å². The number of thioether (sulfide) groups is 1. The summed E-state index contributed by atoms with van der Waals surface area (Å²) in [6.07, 6.45) is 2.33. The molecule has 0 bridgehead atoms. The summed E-state index contributed by atoms with van der Waals surface area (Å²) in [5.74, 6) is 0.0924. The highest BCUT2D eigenvalue weighted by molar-refractivity contribution is 7.99. The molecule has 0 aromatic heterocycles. The van der Waals surface area contributed by atoms with Crippen LogP contribution in [-0.4, -0.2) is 29.9 Å². The zero-order chi connectivity index (χ0) is 13.8. The van der Waals surface area contributed by atoms with Gasteiger partial charge in [-0.3, -0.25) is 9.59 Å². The Kier molecular flexibility index (Phi) is 4.47. The monoisotopic (exact) mass is 278 g/mol. The van der Waals surface area contributed by atoms with E-state index in [2.05, 4.69) is 10.6 Å². The van der Waals surface area contributed by atoms with Crippen molar-refractivity contribution >= 4 is 29.3 Å². The summed E-state index contributed by atoms with van der Waals surface area (Å²) in [4.78, 5) is 23.4. The van der Waals surface area contributed by atoms with Gasteiger partial charge in [-0.05, 0) is 24.8 Å². The van der Waals surface area contributed by atoms with E-state index in [0.717, 1.165) is 11.3 Å². The quantitative estimate of drug-likeness (QED) is 0.885. The first-order chi connectivity index (χ1) is 9.11. The number of amides is 2. The van der Waals surface area contributed by atoms with Gasteiger partial charge in [0.1, 0.15) is 0 Å². The van der Waals surface area contributed by atoms with Crippen LogP contribution in [0.4, 0.5) is 5.69 Å². The van der Waals surface area contributed by atoms with Gasteiger partial charge < -0.3 is 10.6 Å². The Hall–Kier alpha value is -1.49. The van der Waals surface area contributed by atoms with E-state index in [-0.39, 0.29) is 23.0 Å². The summed E-state index contributed by atoms with van der Waals surface area (Å²) < 4.78 is 0. The highest BCUT2D eigenvalue weighted by atomic mass is 32.2. The lowest BCUT2D eigenvalue weighted by molar-refractivity contribution is -0.121. The molecule has 2 N–H and O–H groups in total. The minimum absolute atomic E-state index is 0.0101. The van der Waals surface area contributed by atoms with Crippen LogP contribution >= 0.6 is 11.8 Å². The maximum Gasteiger partial charge on any atom is 0.232 e. The van der Waals surface area contributed by atoms with Gasteiger partial charge in [-0.25, -0.2) is 0 Å². The van der Waals surface area contributed by atoms with Crippen molar-refractivity contribution in [3.63, 3.8) is 0 Å². The van der Waals surface area contributed by atoms with Gasteiger partial charge >= 0.3 is 0 Å². The van der Waals surface area contributed by atoms with Gasteiger partial charge in [-0.1, -0.05) is 18.2 Å². The van der Waals surface area contributed by atoms with E-state index in [1.807, 2.05) is 37.4 Å². The molecule has 2 amide bonds. The summed E-state index contributed by atoms with van der Waals surface area (Å²) in [5.41, 5.74) is 1.95. The molecular weight excluding hydrogens is 260 g/mol. The second kappa shape index (κ2) is 6.10. The molecular formula is C14H18N2O2S. The fraction of sp³-hybridized carbons (Fsp3) is 0.429. The van der Waals surface area contributed by atoms with Crippen LogP contribution in [0.25, 0.3) is 0 Å². The molecule has 0 radical (unpaired) electrons. The Morgan fingerprint density at radius 3 is 3.00 bits per heavy atom. The lowest BCUT2D eigenvalue weighted by atomic mass is 9.90. The smallest absolute Gasteiger partial charge is 0.232 e. The molecule has 1 aromatic carbocycles. The minimum Gasteiger partial charge on any atom is -0.355 e. The number of para-hydroxylation sites is 1. The molecule has 19 heavy (non-hydrogen) atoms. The van der Waals surface area contributed by atoms with Crippen molar-refractivity contribution in [3.8, 4) is 0 Å². The van der Waals surface area contributed by atoms with E-state index < -0.39 is 0 Å². The molecule has 0 aliphatic carbocycles. The maximum atomic E-state index is 11.8. The van der Waals surface area contributed by atoms with Crippen LogP contribution in [0.15, 0.2) is 24.3 Å². The molecule has 2 atom stereocenters. The normalized spacial score (nSPS) is 19.3. The zero-order valence-corrected chi connectivity index (χ0v) is 11.9. The second-order valence-electron chi connectivity index (χ2n) is 4.66. The number of anilines is 1. The van der Waals surface area contributed by atoms with Gasteiger partial charge in [-0.2, -0.15) is 11.8 Å². The topological polar surface area (TPSA) is 58.2 Å². The first kappa shape index (κ1) is 13.9. The van der Waals surface area contributed by atoms with Crippen LogP contribution in [0.5, 0.6) is 0 Å². The van der Waals surface area contributed by atoms with E-state index in [4.69, 9.17) is 0 Å². The summed E-state index contributed by atoms with van der Waals surface area (Å²) in [6.45, 7) is 2.38. The molecule has 0 saturated heterocycles. The van der Waals surface area contributed by atoms with E-state index >= 15 is 0 Å². The molecule has 1 aliphatic heterocycles. The van der Waals surface area contributed by atoms with E-state index in [0.29, 0.717) is 13.0 Å². The predicted octanol–water partition coefficient (Wildman–Crippen LogP) is 1.98. The summed E-state index contributed by atoms with van der Waals surface area (Å²) in [6, 6.07) is 7.75. The van der Waals surface area contributed by atoms with Crippen molar-refractivity contribution < 1.29 is 9.59 Å². The van der Waals surface area contributed by atoms with Crippen LogP contribution in [0, 0.1) is 0 Å². The predicted molar refractivity (Wildman–Crippen MR) is 78.4 cm³/mol. The van der Waals surface area contributed by atoms with Crippen molar-refractivity contribution in [1.29, 1.82) is 0 Å². The third kappa shape index (κ3) is 3.29. The minimum atomic E-state index is -0.0624. The van der Waals surface area contributed by atoms with Gasteiger partial charge in [0.25, 0.3) is 0 Å². The second-order valence-corrected chi connectivity index (χ2v) is 5.84. The molecule has 0 saturated carbocycles. The number of carbonyl (C=O) groups is 2. The van der Waals surface area contributed by atoms with Crippen molar-refractivity contribution in [2.45, 2.75) is 24.5 Å².